The van der Waals surface area contributed by atoms with Crippen LogP contribution in [0, 0.1) is 0 Å². The molecule has 1 heterocycles. The zero-order valence-corrected chi connectivity index (χ0v) is 10.6. The molecular weight excluding hydrogens is 248 g/mol. The van der Waals surface area contributed by atoms with Crippen molar-refractivity contribution in [2.45, 2.75) is 12.5 Å². The molecule has 0 aliphatic heterocycles. The second-order valence-corrected chi connectivity index (χ2v) is 4.86. The summed E-state index contributed by atoms with van der Waals surface area (Å²) in [7, 11) is 0. The lowest BCUT2D eigenvalue weighted by Crippen LogP contribution is -2.16. The Morgan fingerprint density at radius 3 is 2.61 bits per heavy atom. The van der Waals surface area contributed by atoms with Crippen LogP contribution in [-0.4, -0.2) is 17.7 Å². The minimum Gasteiger partial charge on any atom is -0.479 e. The highest BCUT2D eigenvalue weighted by Gasteiger charge is 2.19. The predicted molar refractivity (Wildman–Crippen MR) is 70.8 cm³/mol. The highest BCUT2D eigenvalue weighted by atomic mass is 32.1. The van der Waals surface area contributed by atoms with E-state index in [1.807, 2.05) is 35.7 Å². The third kappa shape index (κ3) is 3.42. The molecule has 1 aromatic carbocycles. The first-order valence-corrected chi connectivity index (χ1v) is 6.57. The Bertz CT molecular complexity index is 479. The van der Waals surface area contributed by atoms with Gasteiger partial charge in [-0.15, -0.1) is 11.3 Å². The second kappa shape index (κ2) is 6.33. The van der Waals surface area contributed by atoms with Crippen molar-refractivity contribution in [3.05, 3.63) is 58.3 Å². The van der Waals surface area contributed by atoms with Crippen LogP contribution in [0.3, 0.4) is 0 Å². The first-order chi connectivity index (χ1) is 8.77. The summed E-state index contributed by atoms with van der Waals surface area (Å²) in [6, 6.07) is 13.0. The van der Waals surface area contributed by atoms with Gasteiger partial charge >= 0.3 is 5.97 Å². The van der Waals surface area contributed by atoms with Crippen LogP contribution in [0.4, 0.5) is 0 Å². The van der Waals surface area contributed by atoms with Crippen LogP contribution in [-0.2, 0) is 16.0 Å². The van der Waals surface area contributed by atoms with Crippen molar-refractivity contribution in [3.63, 3.8) is 0 Å². The summed E-state index contributed by atoms with van der Waals surface area (Å²) in [5.74, 6) is -0.952. The van der Waals surface area contributed by atoms with Crippen molar-refractivity contribution >= 4 is 17.3 Å². The van der Waals surface area contributed by atoms with Crippen molar-refractivity contribution in [1.29, 1.82) is 0 Å². The summed E-state index contributed by atoms with van der Waals surface area (Å²) in [6.07, 6.45) is -0.139. The molecule has 0 fully saturated rings. The zero-order valence-electron chi connectivity index (χ0n) is 9.78. The van der Waals surface area contributed by atoms with Crippen LogP contribution < -0.4 is 0 Å². The third-order valence-electron chi connectivity index (χ3n) is 2.54. The van der Waals surface area contributed by atoms with Crippen molar-refractivity contribution in [1.82, 2.24) is 0 Å². The van der Waals surface area contributed by atoms with E-state index in [0.29, 0.717) is 12.2 Å². The van der Waals surface area contributed by atoms with E-state index in [0.717, 1.165) is 6.42 Å². The van der Waals surface area contributed by atoms with Gasteiger partial charge < -0.3 is 9.84 Å². The summed E-state index contributed by atoms with van der Waals surface area (Å²) >= 11 is 1.65. The average Bonchev–Trinajstić information content (AvgIpc) is 2.88. The number of benzene rings is 1. The fourth-order valence-electron chi connectivity index (χ4n) is 1.67. The highest BCUT2D eigenvalue weighted by Crippen LogP contribution is 2.18. The fraction of sp³-hybridized carbons (Fsp3) is 0.214. The van der Waals surface area contributed by atoms with Crippen LogP contribution in [0.1, 0.15) is 16.5 Å². The summed E-state index contributed by atoms with van der Waals surface area (Å²) in [5, 5.41) is 11.2. The van der Waals surface area contributed by atoms with E-state index in [2.05, 4.69) is 0 Å². The number of thiophene rings is 1. The maximum absolute atomic E-state index is 11.2. The lowest BCUT2D eigenvalue weighted by molar-refractivity contribution is -0.150. The maximum Gasteiger partial charge on any atom is 0.337 e. The number of hydrogen-bond donors (Lipinski definition) is 1. The van der Waals surface area contributed by atoms with Crippen molar-refractivity contribution in [2.24, 2.45) is 0 Å². The number of ether oxygens (including phenoxy) is 1. The molecule has 1 atom stereocenters. The van der Waals surface area contributed by atoms with Gasteiger partial charge in [-0.05, 0) is 17.0 Å². The molecule has 1 N–H and O–H groups in total. The highest BCUT2D eigenvalue weighted by molar-refractivity contribution is 7.09. The molecule has 0 radical (unpaired) electrons. The molecule has 0 aliphatic carbocycles. The van der Waals surface area contributed by atoms with Gasteiger partial charge in [-0.1, -0.05) is 36.4 Å². The van der Waals surface area contributed by atoms with Gasteiger partial charge in [0.05, 0.1) is 6.61 Å². The van der Waals surface area contributed by atoms with Gasteiger partial charge in [0.1, 0.15) is 0 Å². The molecule has 0 amide bonds. The number of aliphatic carboxylic acids is 1. The second-order valence-electron chi connectivity index (χ2n) is 3.83. The fourth-order valence-corrected chi connectivity index (χ4v) is 2.36. The van der Waals surface area contributed by atoms with Gasteiger partial charge in [0, 0.05) is 11.3 Å². The van der Waals surface area contributed by atoms with Gasteiger partial charge in [0.15, 0.2) is 6.10 Å². The van der Waals surface area contributed by atoms with E-state index in [-0.39, 0.29) is 0 Å². The Kier molecular flexibility index (Phi) is 4.50. The number of carboxylic acid groups (broad SMARTS) is 1. The quantitative estimate of drug-likeness (QED) is 0.870. The lowest BCUT2D eigenvalue weighted by atomic mass is 10.1. The normalized spacial score (nSPS) is 12.2. The van der Waals surface area contributed by atoms with Crippen LogP contribution in [0.15, 0.2) is 47.8 Å². The monoisotopic (exact) mass is 262 g/mol. The van der Waals surface area contributed by atoms with Gasteiger partial charge in [-0.25, -0.2) is 4.79 Å². The van der Waals surface area contributed by atoms with Crippen LogP contribution in [0.25, 0.3) is 0 Å². The molecule has 3 nitrogen and oxygen atoms in total. The van der Waals surface area contributed by atoms with Crippen LogP contribution >= 0.6 is 11.3 Å². The first-order valence-electron chi connectivity index (χ1n) is 5.69. The Hall–Kier alpha value is -1.65. The Labute approximate surface area is 110 Å². The molecular formula is C14H14O3S. The minimum absolute atomic E-state index is 0.409. The zero-order chi connectivity index (χ0) is 12.8. The molecule has 0 bridgehead atoms. The van der Waals surface area contributed by atoms with Gasteiger partial charge in [-0.2, -0.15) is 0 Å². The number of rotatable bonds is 6. The summed E-state index contributed by atoms with van der Waals surface area (Å²) in [4.78, 5) is 12.4. The summed E-state index contributed by atoms with van der Waals surface area (Å²) in [6.45, 7) is 0.409. The van der Waals surface area contributed by atoms with Gasteiger partial charge in [0.2, 0.25) is 0 Å². The molecule has 0 spiro atoms. The smallest absolute Gasteiger partial charge is 0.337 e. The molecule has 18 heavy (non-hydrogen) atoms. The molecule has 1 aromatic heterocycles. The molecule has 4 heteroatoms. The third-order valence-corrected chi connectivity index (χ3v) is 3.48. The standard InChI is InChI=1S/C14H14O3S/c15-14(16)13(11-5-2-1-3-6-11)17-9-8-12-7-4-10-18-12/h1-7,10,13H,8-9H2,(H,15,16). The topological polar surface area (TPSA) is 46.5 Å². The summed E-state index contributed by atoms with van der Waals surface area (Å²) in [5.41, 5.74) is 0.677. The molecule has 2 rings (SSSR count). The first kappa shape index (κ1) is 12.8. The molecule has 0 aliphatic rings. The Morgan fingerprint density at radius 1 is 1.22 bits per heavy atom. The van der Waals surface area contributed by atoms with E-state index < -0.39 is 12.1 Å². The molecule has 2 aromatic rings. The van der Waals surface area contributed by atoms with Crippen LogP contribution in [0.2, 0.25) is 0 Å². The minimum atomic E-state index is -0.952. The van der Waals surface area contributed by atoms with E-state index in [4.69, 9.17) is 9.84 Å². The Balaban J connectivity index is 1.93. The largest absolute Gasteiger partial charge is 0.479 e. The Morgan fingerprint density at radius 2 is 2.00 bits per heavy atom. The van der Waals surface area contributed by atoms with Crippen LogP contribution in [0.5, 0.6) is 0 Å². The molecule has 0 saturated heterocycles. The number of hydrogen-bond acceptors (Lipinski definition) is 3. The SMILES string of the molecule is O=C(O)C(OCCc1cccs1)c1ccccc1. The van der Waals surface area contributed by atoms with E-state index >= 15 is 0 Å². The van der Waals surface area contributed by atoms with Gasteiger partial charge in [0.25, 0.3) is 0 Å². The number of carbonyl (C=O) groups is 1. The van der Waals surface area contributed by atoms with Gasteiger partial charge in [-0.3, -0.25) is 0 Å². The van der Waals surface area contributed by atoms with Crippen molar-refractivity contribution in [3.8, 4) is 0 Å². The lowest BCUT2D eigenvalue weighted by Gasteiger charge is -2.13. The predicted octanol–water partition coefficient (Wildman–Crippen LogP) is 3.13. The maximum atomic E-state index is 11.2. The van der Waals surface area contributed by atoms with E-state index in [9.17, 15) is 4.79 Å². The number of carboxylic acids is 1. The van der Waals surface area contributed by atoms with Crippen molar-refractivity contribution in [2.75, 3.05) is 6.61 Å². The molecule has 1 unspecified atom stereocenters. The molecule has 0 saturated carbocycles. The van der Waals surface area contributed by atoms with E-state index in [1.54, 1.807) is 23.5 Å². The molecule has 94 valence electrons. The average molecular weight is 262 g/mol. The van der Waals surface area contributed by atoms with Crippen molar-refractivity contribution < 1.29 is 14.6 Å². The van der Waals surface area contributed by atoms with E-state index in [1.165, 1.54) is 4.88 Å². The summed E-state index contributed by atoms with van der Waals surface area (Å²) < 4.78 is 5.47.